The lowest BCUT2D eigenvalue weighted by molar-refractivity contribution is 0.121. The maximum absolute atomic E-state index is 8.93. The van der Waals surface area contributed by atoms with Crippen molar-refractivity contribution in [1.29, 1.82) is 5.26 Å². The van der Waals surface area contributed by atoms with Gasteiger partial charge in [0, 0.05) is 39.3 Å². The van der Waals surface area contributed by atoms with Crippen molar-refractivity contribution in [3.8, 4) is 17.6 Å². The lowest BCUT2D eigenvalue weighted by Crippen LogP contribution is -2.47. The first-order valence-electron chi connectivity index (χ1n) is 8.13. The molecule has 0 aliphatic carbocycles. The van der Waals surface area contributed by atoms with Crippen LogP contribution in [0.5, 0.6) is 11.5 Å². The van der Waals surface area contributed by atoms with E-state index in [1.807, 2.05) is 13.0 Å². The van der Waals surface area contributed by atoms with E-state index in [1.54, 1.807) is 14.2 Å². The van der Waals surface area contributed by atoms with Gasteiger partial charge in [-0.2, -0.15) is 5.26 Å². The monoisotopic (exact) mass is 317 g/mol. The van der Waals surface area contributed by atoms with Crippen LogP contribution in [0, 0.1) is 24.2 Å². The number of benzene rings is 1. The van der Waals surface area contributed by atoms with Gasteiger partial charge in [0.25, 0.3) is 0 Å². The van der Waals surface area contributed by atoms with E-state index in [4.69, 9.17) is 14.7 Å². The second kappa shape index (κ2) is 8.19. The number of hydrogen-bond donors (Lipinski definition) is 0. The Labute approximate surface area is 139 Å². The summed E-state index contributed by atoms with van der Waals surface area (Å²) in [6, 6.07) is 6.44. The molecule has 0 radical (unpaired) electrons. The van der Waals surface area contributed by atoms with Crippen LogP contribution >= 0.6 is 0 Å². The standard InChI is InChI=1S/C18H27N3O2/c1-14(11-19)12-20-5-7-21(8-6-20)13-16-10-18(23-4)17(22-3)9-15(16)2/h9-10,14H,5-8,12-13H2,1-4H3/t14-/m1/s1. The Morgan fingerprint density at radius 2 is 1.65 bits per heavy atom. The van der Waals surface area contributed by atoms with E-state index in [2.05, 4.69) is 28.9 Å². The van der Waals surface area contributed by atoms with Crippen molar-refractivity contribution in [2.45, 2.75) is 20.4 Å². The van der Waals surface area contributed by atoms with Gasteiger partial charge in [-0.3, -0.25) is 9.80 Å². The molecule has 1 aromatic rings. The second-order valence-electron chi connectivity index (χ2n) is 6.24. The molecule has 0 unspecified atom stereocenters. The first kappa shape index (κ1) is 17.6. The minimum absolute atomic E-state index is 0.106. The molecule has 1 atom stereocenters. The fourth-order valence-corrected chi connectivity index (χ4v) is 2.99. The third-order valence-electron chi connectivity index (χ3n) is 4.45. The quantitative estimate of drug-likeness (QED) is 0.806. The predicted molar refractivity (Wildman–Crippen MR) is 90.8 cm³/mol. The lowest BCUT2D eigenvalue weighted by Gasteiger charge is -2.35. The summed E-state index contributed by atoms with van der Waals surface area (Å²) in [5.41, 5.74) is 2.50. The summed E-state index contributed by atoms with van der Waals surface area (Å²) in [4.78, 5) is 4.84. The summed E-state index contributed by atoms with van der Waals surface area (Å²) < 4.78 is 10.8. The van der Waals surface area contributed by atoms with Gasteiger partial charge < -0.3 is 9.47 Å². The number of aryl methyl sites for hydroxylation is 1. The van der Waals surface area contributed by atoms with E-state index in [1.165, 1.54) is 11.1 Å². The third kappa shape index (κ3) is 4.60. The van der Waals surface area contributed by atoms with Gasteiger partial charge in [-0.25, -0.2) is 0 Å². The van der Waals surface area contributed by atoms with E-state index in [0.717, 1.165) is 50.8 Å². The van der Waals surface area contributed by atoms with E-state index < -0.39 is 0 Å². The van der Waals surface area contributed by atoms with Gasteiger partial charge in [-0.1, -0.05) is 0 Å². The highest BCUT2D eigenvalue weighted by Gasteiger charge is 2.19. The topological polar surface area (TPSA) is 48.7 Å². The summed E-state index contributed by atoms with van der Waals surface area (Å²) in [6.45, 7) is 10.0. The zero-order valence-corrected chi connectivity index (χ0v) is 14.6. The molecule has 5 heteroatoms. The highest BCUT2D eigenvalue weighted by atomic mass is 16.5. The molecule has 5 nitrogen and oxygen atoms in total. The molecular formula is C18H27N3O2. The molecule has 1 aliphatic heterocycles. The minimum atomic E-state index is 0.106. The Balaban J connectivity index is 1.95. The zero-order valence-electron chi connectivity index (χ0n) is 14.6. The average molecular weight is 317 g/mol. The van der Waals surface area contributed by atoms with Crippen molar-refractivity contribution in [2.24, 2.45) is 5.92 Å². The Hall–Kier alpha value is -1.77. The SMILES string of the molecule is COc1cc(C)c(CN2CCN(C[C@H](C)C#N)CC2)cc1OC. The van der Waals surface area contributed by atoms with E-state index in [0.29, 0.717) is 0 Å². The van der Waals surface area contributed by atoms with Gasteiger partial charge in [-0.05, 0) is 37.1 Å². The molecule has 0 saturated carbocycles. The van der Waals surface area contributed by atoms with Gasteiger partial charge in [0.2, 0.25) is 0 Å². The fraction of sp³-hybridized carbons (Fsp3) is 0.611. The van der Waals surface area contributed by atoms with Crippen LogP contribution in [-0.2, 0) is 6.54 Å². The molecule has 0 amide bonds. The molecule has 0 bridgehead atoms. The van der Waals surface area contributed by atoms with Crippen LogP contribution in [0.25, 0.3) is 0 Å². The minimum Gasteiger partial charge on any atom is -0.493 e. The van der Waals surface area contributed by atoms with Crippen LogP contribution in [0.2, 0.25) is 0 Å². The molecule has 1 aromatic carbocycles. The summed E-state index contributed by atoms with van der Waals surface area (Å²) >= 11 is 0. The van der Waals surface area contributed by atoms with Gasteiger partial charge >= 0.3 is 0 Å². The Bertz CT molecular complexity index is 560. The van der Waals surface area contributed by atoms with Crippen molar-refractivity contribution < 1.29 is 9.47 Å². The Kier molecular flexibility index (Phi) is 6.26. The molecule has 1 aliphatic rings. The molecule has 2 rings (SSSR count). The van der Waals surface area contributed by atoms with Gasteiger partial charge in [0.1, 0.15) is 0 Å². The number of ether oxygens (including phenoxy) is 2. The number of piperazine rings is 1. The average Bonchev–Trinajstić information content (AvgIpc) is 2.57. The van der Waals surface area contributed by atoms with E-state index >= 15 is 0 Å². The summed E-state index contributed by atoms with van der Waals surface area (Å²) in [7, 11) is 3.34. The summed E-state index contributed by atoms with van der Waals surface area (Å²) in [6.07, 6.45) is 0. The molecule has 0 spiro atoms. The first-order valence-corrected chi connectivity index (χ1v) is 8.13. The molecule has 126 valence electrons. The number of nitrogens with zero attached hydrogens (tertiary/aromatic N) is 3. The third-order valence-corrected chi connectivity index (χ3v) is 4.45. The smallest absolute Gasteiger partial charge is 0.161 e. The van der Waals surface area contributed by atoms with Crippen LogP contribution in [0.3, 0.4) is 0 Å². The number of methoxy groups -OCH3 is 2. The van der Waals surface area contributed by atoms with Crippen molar-refractivity contribution in [2.75, 3.05) is 46.9 Å². The molecular weight excluding hydrogens is 290 g/mol. The van der Waals surface area contributed by atoms with E-state index in [9.17, 15) is 0 Å². The van der Waals surface area contributed by atoms with Crippen molar-refractivity contribution in [1.82, 2.24) is 9.80 Å². The van der Waals surface area contributed by atoms with Crippen LogP contribution in [0.4, 0.5) is 0 Å². The highest BCUT2D eigenvalue weighted by Crippen LogP contribution is 2.30. The molecule has 1 heterocycles. The maximum Gasteiger partial charge on any atom is 0.161 e. The van der Waals surface area contributed by atoms with Crippen LogP contribution in [0.1, 0.15) is 18.1 Å². The van der Waals surface area contributed by atoms with Crippen LogP contribution < -0.4 is 9.47 Å². The largest absolute Gasteiger partial charge is 0.493 e. The first-order chi connectivity index (χ1) is 11.1. The molecule has 1 saturated heterocycles. The summed E-state index contributed by atoms with van der Waals surface area (Å²) in [5.74, 6) is 1.67. The Morgan fingerprint density at radius 1 is 1.09 bits per heavy atom. The fourth-order valence-electron chi connectivity index (χ4n) is 2.99. The number of nitriles is 1. The predicted octanol–water partition coefficient (Wildman–Crippen LogP) is 2.29. The van der Waals surface area contributed by atoms with Crippen molar-refractivity contribution in [3.63, 3.8) is 0 Å². The normalized spacial score (nSPS) is 17.5. The van der Waals surface area contributed by atoms with Gasteiger partial charge in [0.15, 0.2) is 11.5 Å². The molecule has 0 aromatic heterocycles. The number of hydrogen-bond acceptors (Lipinski definition) is 5. The van der Waals surface area contributed by atoms with Crippen LogP contribution in [-0.4, -0.2) is 56.7 Å². The van der Waals surface area contributed by atoms with Crippen LogP contribution in [0.15, 0.2) is 12.1 Å². The molecule has 0 N–H and O–H groups in total. The Morgan fingerprint density at radius 3 is 2.22 bits per heavy atom. The van der Waals surface area contributed by atoms with Crippen molar-refractivity contribution >= 4 is 0 Å². The molecule has 23 heavy (non-hydrogen) atoms. The second-order valence-corrected chi connectivity index (χ2v) is 6.24. The maximum atomic E-state index is 8.93. The lowest BCUT2D eigenvalue weighted by atomic mass is 10.1. The highest BCUT2D eigenvalue weighted by molar-refractivity contribution is 5.47. The summed E-state index contributed by atoms with van der Waals surface area (Å²) in [5, 5.41) is 8.93. The molecule has 1 fully saturated rings. The van der Waals surface area contributed by atoms with Gasteiger partial charge in [-0.15, -0.1) is 0 Å². The number of rotatable bonds is 6. The van der Waals surface area contributed by atoms with Crippen molar-refractivity contribution in [3.05, 3.63) is 23.3 Å². The zero-order chi connectivity index (χ0) is 16.8. The van der Waals surface area contributed by atoms with E-state index in [-0.39, 0.29) is 5.92 Å². The van der Waals surface area contributed by atoms with Gasteiger partial charge in [0.05, 0.1) is 26.2 Å².